The Morgan fingerprint density at radius 2 is 1.90 bits per heavy atom. The number of amides is 1. The summed E-state index contributed by atoms with van der Waals surface area (Å²) in [5.74, 6) is -0.601. The summed E-state index contributed by atoms with van der Waals surface area (Å²) >= 11 is 1.39. The summed E-state index contributed by atoms with van der Waals surface area (Å²) in [5.41, 5.74) is 2.94. The minimum atomic E-state index is -0.658. The first-order valence-electron chi connectivity index (χ1n) is 6.12. The highest BCUT2D eigenvalue weighted by molar-refractivity contribution is 8.00. The third kappa shape index (κ3) is 4.55. The average Bonchev–Trinajstić information content (AvgIpc) is 2.53. The fourth-order valence-electron chi connectivity index (χ4n) is 1.56. The van der Waals surface area contributed by atoms with Gasteiger partial charge >= 0.3 is 0 Å². The molecular weight excluding hydrogens is 288 g/mol. The third-order valence-corrected chi connectivity index (χ3v) is 3.41. The van der Waals surface area contributed by atoms with Crippen LogP contribution in [0.5, 0.6) is 5.75 Å². The van der Waals surface area contributed by atoms with Crippen LogP contribution in [0.2, 0.25) is 0 Å². The zero-order valence-corrected chi connectivity index (χ0v) is 11.8. The Morgan fingerprint density at radius 3 is 2.62 bits per heavy atom. The van der Waals surface area contributed by atoms with Gasteiger partial charge in [0, 0.05) is 22.2 Å². The average molecular weight is 302 g/mol. The van der Waals surface area contributed by atoms with Gasteiger partial charge in [-0.2, -0.15) is 0 Å². The van der Waals surface area contributed by atoms with Crippen molar-refractivity contribution in [2.75, 3.05) is 4.72 Å². The van der Waals surface area contributed by atoms with E-state index in [-0.39, 0.29) is 5.75 Å². The molecule has 0 bridgehead atoms. The molecule has 21 heavy (non-hydrogen) atoms. The van der Waals surface area contributed by atoms with Crippen molar-refractivity contribution in [1.82, 2.24) is 5.48 Å². The summed E-state index contributed by atoms with van der Waals surface area (Å²) < 4.78 is 3.18. The highest BCUT2D eigenvalue weighted by atomic mass is 32.2. The van der Waals surface area contributed by atoms with Crippen molar-refractivity contribution in [2.45, 2.75) is 4.90 Å². The SMILES string of the molecule is O=C(/C=C/c1cc(SNc2ccccc2)ccc1O)NO. The van der Waals surface area contributed by atoms with E-state index in [0.29, 0.717) is 5.56 Å². The fourth-order valence-corrected chi connectivity index (χ4v) is 2.25. The van der Waals surface area contributed by atoms with E-state index >= 15 is 0 Å². The molecule has 0 spiro atoms. The van der Waals surface area contributed by atoms with Crippen LogP contribution >= 0.6 is 11.9 Å². The molecule has 6 heteroatoms. The van der Waals surface area contributed by atoms with Crippen molar-refractivity contribution in [2.24, 2.45) is 0 Å². The Morgan fingerprint density at radius 1 is 1.14 bits per heavy atom. The van der Waals surface area contributed by atoms with Crippen LogP contribution < -0.4 is 10.2 Å². The van der Waals surface area contributed by atoms with Crippen LogP contribution in [0.15, 0.2) is 59.5 Å². The van der Waals surface area contributed by atoms with Crippen LogP contribution in [0.4, 0.5) is 5.69 Å². The fraction of sp³-hybridized carbons (Fsp3) is 0. The van der Waals surface area contributed by atoms with Gasteiger partial charge in [0.1, 0.15) is 5.75 Å². The maximum absolute atomic E-state index is 10.9. The normalized spacial score (nSPS) is 10.5. The van der Waals surface area contributed by atoms with Gasteiger partial charge in [-0.1, -0.05) is 18.2 Å². The Balaban J connectivity index is 2.07. The van der Waals surface area contributed by atoms with E-state index in [0.717, 1.165) is 16.7 Å². The highest BCUT2D eigenvalue weighted by Crippen LogP contribution is 2.27. The first kappa shape index (κ1) is 15.0. The van der Waals surface area contributed by atoms with E-state index in [2.05, 4.69) is 4.72 Å². The molecule has 0 radical (unpaired) electrons. The lowest BCUT2D eigenvalue weighted by Crippen LogP contribution is -2.14. The standard InChI is InChI=1S/C15H14N2O3S/c18-14-8-7-13(10-11(14)6-9-15(19)16-20)21-17-12-4-2-1-3-5-12/h1-10,17-18,20H,(H,16,19)/b9-6+. The van der Waals surface area contributed by atoms with Crippen LogP contribution in [0, 0.1) is 0 Å². The van der Waals surface area contributed by atoms with Crippen LogP contribution in [0.3, 0.4) is 0 Å². The lowest BCUT2D eigenvalue weighted by Gasteiger charge is -2.07. The summed E-state index contributed by atoms with van der Waals surface area (Å²) in [4.78, 5) is 11.8. The van der Waals surface area contributed by atoms with Crippen molar-refractivity contribution in [3.05, 3.63) is 60.2 Å². The van der Waals surface area contributed by atoms with Gasteiger partial charge in [-0.05, 0) is 48.4 Å². The quantitative estimate of drug-likeness (QED) is 0.295. The molecule has 5 nitrogen and oxygen atoms in total. The second kappa shape index (κ2) is 7.37. The van der Waals surface area contributed by atoms with Crippen molar-refractivity contribution in [3.63, 3.8) is 0 Å². The van der Waals surface area contributed by atoms with Crippen LogP contribution in [0.1, 0.15) is 5.56 Å². The number of aromatic hydroxyl groups is 1. The van der Waals surface area contributed by atoms with Gasteiger partial charge in [0.15, 0.2) is 0 Å². The number of rotatable bonds is 5. The van der Waals surface area contributed by atoms with Crippen LogP contribution in [-0.4, -0.2) is 16.2 Å². The molecule has 0 saturated carbocycles. The van der Waals surface area contributed by atoms with Crippen LogP contribution in [0.25, 0.3) is 6.08 Å². The van der Waals surface area contributed by atoms with Crippen molar-refractivity contribution in [3.8, 4) is 5.75 Å². The number of phenolic OH excluding ortho intramolecular Hbond substituents is 1. The maximum Gasteiger partial charge on any atom is 0.267 e. The Labute approximate surface area is 126 Å². The lowest BCUT2D eigenvalue weighted by molar-refractivity contribution is -0.124. The molecule has 0 heterocycles. The zero-order valence-electron chi connectivity index (χ0n) is 11.0. The monoisotopic (exact) mass is 302 g/mol. The largest absolute Gasteiger partial charge is 0.507 e. The highest BCUT2D eigenvalue weighted by Gasteiger charge is 2.02. The van der Waals surface area contributed by atoms with Gasteiger partial charge in [-0.15, -0.1) is 0 Å². The van der Waals surface area contributed by atoms with Crippen LogP contribution in [-0.2, 0) is 4.79 Å². The molecule has 0 saturated heterocycles. The van der Waals surface area contributed by atoms with E-state index < -0.39 is 5.91 Å². The number of hydrogen-bond donors (Lipinski definition) is 4. The molecule has 0 aliphatic heterocycles. The first-order valence-corrected chi connectivity index (χ1v) is 6.94. The van der Waals surface area contributed by atoms with E-state index in [1.54, 1.807) is 18.2 Å². The number of nitrogens with one attached hydrogen (secondary N) is 2. The lowest BCUT2D eigenvalue weighted by atomic mass is 10.2. The molecule has 4 N–H and O–H groups in total. The van der Waals surface area contributed by atoms with Crippen molar-refractivity contribution < 1.29 is 15.1 Å². The number of benzene rings is 2. The molecule has 0 aromatic heterocycles. The van der Waals surface area contributed by atoms with Gasteiger partial charge in [-0.25, -0.2) is 5.48 Å². The molecule has 1 amide bonds. The Bertz CT molecular complexity index is 645. The summed E-state index contributed by atoms with van der Waals surface area (Å²) in [7, 11) is 0. The van der Waals surface area contributed by atoms with Crippen molar-refractivity contribution in [1.29, 1.82) is 0 Å². The molecule has 2 aromatic carbocycles. The van der Waals surface area contributed by atoms with E-state index in [9.17, 15) is 9.90 Å². The Kier molecular flexibility index (Phi) is 5.25. The minimum Gasteiger partial charge on any atom is -0.507 e. The van der Waals surface area contributed by atoms with E-state index in [4.69, 9.17) is 5.21 Å². The number of hydroxylamine groups is 1. The molecular formula is C15H14N2O3S. The van der Waals surface area contributed by atoms with Gasteiger partial charge in [0.25, 0.3) is 5.91 Å². The number of hydrogen-bond acceptors (Lipinski definition) is 5. The number of phenols is 1. The smallest absolute Gasteiger partial charge is 0.267 e. The third-order valence-electron chi connectivity index (χ3n) is 2.58. The number of carbonyl (C=O) groups excluding carboxylic acids is 1. The summed E-state index contributed by atoms with van der Waals surface area (Å²) in [6.07, 6.45) is 2.56. The molecule has 0 fully saturated rings. The summed E-state index contributed by atoms with van der Waals surface area (Å²) in [6, 6.07) is 14.7. The summed E-state index contributed by atoms with van der Waals surface area (Å²) in [5, 5.41) is 18.2. The zero-order chi connectivity index (χ0) is 15.1. The van der Waals surface area contributed by atoms with Gasteiger partial charge in [-0.3, -0.25) is 10.0 Å². The molecule has 2 rings (SSSR count). The molecule has 0 atom stereocenters. The van der Waals surface area contributed by atoms with E-state index in [1.165, 1.54) is 23.5 Å². The summed E-state index contributed by atoms with van der Waals surface area (Å²) in [6.45, 7) is 0. The predicted molar refractivity (Wildman–Crippen MR) is 83.0 cm³/mol. The minimum absolute atomic E-state index is 0.0565. The predicted octanol–water partition coefficient (Wildman–Crippen LogP) is 3.03. The number of anilines is 1. The molecule has 0 aliphatic carbocycles. The molecule has 108 valence electrons. The molecule has 0 aliphatic rings. The van der Waals surface area contributed by atoms with Gasteiger partial charge < -0.3 is 9.83 Å². The van der Waals surface area contributed by atoms with Crippen molar-refractivity contribution >= 4 is 29.6 Å². The Hall–Kier alpha value is -2.44. The second-order valence-electron chi connectivity index (χ2n) is 4.10. The first-order chi connectivity index (χ1) is 10.2. The number of carbonyl (C=O) groups is 1. The second-order valence-corrected chi connectivity index (χ2v) is 4.98. The topological polar surface area (TPSA) is 81.6 Å². The molecule has 2 aromatic rings. The van der Waals surface area contributed by atoms with Gasteiger partial charge in [0.2, 0.25) is 0 Å². The van der Waals surface area contributed by atoms with E-state index in [1.807, 2.05) is 30.3 Å². The maximum atomic E-state index is 10.9. The van der Waals surface area contributed by atoms with Gasteiger partial charge in [0.05, 0.1) is 0 Å². The molecule has 0 unspecified atom stereocenters. The number of para-hydroxylation sites is 1.